The van der Waals surface area contributed by atoms with Gasteiger partial charge in [0, 0.05) is 52.4 Å². The Balaban J connectivity index is 1.72. The van der Waals surface area contributed by atoms with Crippen LogP contribution < -0.4 is 10.6 Å². The van der Waals surface area contributed by atoms with Gasteiger partial charge in [0.25, 0.3) is 0 Å². The molecule has 0 amide bonds. The quantitative estimate of drug-likeness (QED) is 0.765. The molecule has 0 radical (unpaired) electrons. The normalized spacial score (nSPS) is 19.2. The summed E-state index contributed by atoms with van der Waals surface area (Å²) in [6, 6.07) is 9.80. The number of benzene rings is 1. The van der Waals surface area contributed by atoms with Gasteiger partial charge in [-0.15, -0.1) is 0 Å². The van der Waals surface area contributed by atoms with Crippen LogP contribution in [0.4, 0.5) is 0 Å². The van der Waals surface area contributed by atoms with Gasteiger partial charge in [-0.2, -0.15) is 0 Å². The first-order chi connectivity index (χ1) is 11.7. The monoisotopic (exact) mass is 334 g/mol. The highest BCUT2D eigenvalue weighted by atomic mass is 16.5. The van der Waals surface area contributed by atoms with Gasteiger partial charge in [0.1, 0.15) is 6.61 Å². The summed E-state index contributed by atoms with van der Waals surface area (Å²) in [5.74, 6) is -0.161. The van der Waals surface area contributed by atoms with Crippen molar-refractivity contribution in [3.8, 4) is 0 Å². The molecule has 1 fully saturated rings. The molecule has 1 aromatic rings. The van der Waals surface area contributed by atoms with Crippen LogP contribution in [-0.4, -0.2) is 81.7 Å². The molecule has 0 spiro atoms. The first kappa shape index (κ1) is 18.9. The third-order valence-electron chi connectivity index (χ3n) is 4.15. The fourth-order valence-corrected chi connectivity index (χ4v) is 2.61. The Hall–Kier alpha value is -1.47. The lowest BCUT2D eigenvalue weighted by molar-refractivity contribution is -0.146. The van der Waals surface area contributed by atoms with Crippen LogP contribution in [-0.2, 0) is 16.1 Å². The molecule has 0 saturated carbocycles. The van der Waals surface area contributed by atoms with E-state index in [-0.39, 0.29) is 5.97 Å². The molecule has 1 heterocycles. The number of ether oxygens (including phenoxy) is 1. The van der Waals surface area contributed by atoms with Crippen LogP contribution >= 0.6 is 0 Å². The Kier molecular flexibility index (Phi) is 8.76. The van der Waals surface area contributed by atoms with E-state index < -0.39 is 0 Å². The number of nitrogens with one attached hydrogen (secondary N) is 2. The van der Waals surface area contributed by atoms with E-state index in [0.717, 1.165) is 57.9 Å². The molecule has 6 nitrogen and oxygen atoms in total. The van der Waals surface area contributed by atoms with Crippen LogP contribution in [0.5, 0.6) is 0 Å². The second-order valence-corrected chi connectivity index (χ2v) is 6.23. The van der Waals surface area contributed by atoms with Crippen molar-refractivity contribution in [3.05, 3.63) is 35.9 Å². The average molecular weight is 334 g/mol. The van der Waals surface area contributed by atoms with Gasteiger partial charge >= 0.3 is 5.97 Å². The first-order valence-corrected chi connectivity index (χ1v) is 8.76. The molecule has 0 aromatic heterocycles. The molecule has 1 aliphatic rings. The summed E-state index contributed by atoms with van der Waals surface area (Å²) >= 11 is 0. The number of esters is 1. The van der Waals surface area contributed by atoms with Crippen molar-refractivity contribution in [2.24, 2.45) is 0 Å². The van der Waals surface area contributed by atoms with Crippen molar-refractivity contribution < 1.29 is 9.53 Å². The number of hydrogen-bond donors (Lipinski definition) is 2. The Morgan fingerprint density at radius 3 is 2.21 bits per heavy atom. The fraction of sp³-hybridized carbons (Fsp3) is 0.611. The third-order valence-corrected chi connectivity index (χ3v) is 4.15. The van der Waals surface area contributed by atoms with Gasteiger partial charge in [-0.1, -0.05) is 30.3 Å². The molecule has 0 aliphatic carbocycles. The maximum atomic E-state index is 12.1. The summed E-state index contributed by atoms with van der Waals surface area (Å²) in [5.41, 5.74) is 1.02. The van der Waals surface area contributed by atoms with Gasteiger partial charge in [-0.25, -0.2) is 0 Å². The molecule has 6 heteroatoms. The van der Waals surface area contributed by atoms with Crippen molar-refractivity contribution in [2.75, 3.05) is 66.0 Å². The van der Waals surface area contributed by atoms with Crippen molar-refractivity contribution in [2.45, 2.75) is 6.61 Å². The number of carbonyl (C=O) groups is 1. The van der Waals surface area contributed by atoms with Crippen LogP contribution in [0, 0.1) is 0 Å². The number of likely N-dealkylation sites (N-methyl/N-ethyl adjacent to an activating group) is 1. The van der Waals surface area contributed by atoms with E-state index in [9.17, 15) is 4.79 Å². The third kappa shape index (κ3) is 7.88. The lowest BCUT2D eigenvalue weighted by atomic mass is 10.2. The van der Waals surface area contributed by atoms with Crippen LogP contribution in [0.25, 0.3) is 0 Å². The first-order valence-electron chi connectivity index (χ1n) is 8.76. The van der Waals surface area contributed by atoms with E-state index >= 15 is 0 Å². The van der Waals surface area contributed by atoms with Crippen LogP contribution in [0.1, 0.15) is 5.56 Å². The molecule has 1 aliphatic heterocycles. The summed E-state index contributed by atoms with van der Waals surface area (Å²) in [5, 5.41) is 6.88. The van der Waals surface area contributed by atoms with Gasteiger partial charge in [0.15, 0.2) is 0 Å². The van der Waals surface area contributed by atoms with Crippen LogP contribution in [0.15, 0.2) is 30.3 Å². The molecule has 2 N–H and O–H groups in total. The summed E-state index contributed by atoms with van der Waals surface area (Å²) in [7, 11) is 2.14. The molecule has 0 bridgehead atoms. The van der Waals surface area contributed by atoms with Crippen molar-refractivity contribution in [1.82, 2.24) is 20.4 Å². The zero-order chi connectivity index (χ0) is 17.0. The molecular formula is C18H30N4O2. The second kappa shape index (κ2) is 11.1. The number of carbonyl (C=O) groups excluding carboxylic acids is 1. The molecule has 1 aromatic carbocycles. The van der Waals surface area contributed by atoms with E-state index in [2.05, 4.69) is 27.5 Å². The molecule has 1 saturated heterocycles. The Morgan fingerprint density at radius 1 is 1.00 bits per heavy atom. The fourth-order valence-electron chi connectivity index (χ4n) is 2.61. The Bertz CT molecular complexity index is 455. The highest BCUT2D eigenvalue weighted by Crippen LogP contribution is 2.01. The number of nitrogens with zero attached hydrogens (tertiary/aromatic N) is 2. The maximum Gasteiger partial charge on any atom is 0.320 e. The topological polar surface area (TPSA) is 56.8 Å². The minimum atomic E-state index is -0.161. The van der Waals surface area contributed by atoms with Crippen LogP contribution in [0.3, 0.4) is 0 Å². The van der Waals surface area contributed by atoms with Crippen molar-refractivity contribution in [1.29, 1.82) is 0 Å². The number of hydrogen-bond acceptors (Lipinski definition) is 6. The van der Waals surface area contributed by atoms with Gasteiger partial charge in [0.05, 0.1) is 6.54 Å². The zero-order valence-electron chi connectivity index (χ0n) is 14.7. The summed E-state index contributed by atoms with van der Waals surface area (Å²) in [6.45, 7) is 8.21. The van der Waals surface area contributed by atoms with Gasteiger partial charge in [0.2, 0.25) is 0 Å². The lowest BCUT2D eigenvalue weighted by Crippen LogP contribution is -2.43. The van der Waals surface area contributed by atoms with Crippen molar-refractivity contribution in [3.63, 3.8) is 0 Å². The summed E-state index contributed by atoms with van der Waals surface area (Å²) < 4.78 is 5.39. The standard InChI is InChI=1S/C18H30N4O2/c1-21-11-7-19-9-13-22(14-10-20-8-12-21)15-18(23)24-16-17-5-3-2-4-6-17/h2-6,19-20H,7-16H2,1H3. The number of rotatable bonds is 4. The zero-order valence-corrected chi connectivity index (χ0v) is 14.7. The highest BCUT2D eigenvalue weighted by molar-refractivity contribution is 5.71. The highest BCUT2D eigenvalue weighted by Gasteiger charge is 2.12. The molecular weight excluding hydrogens is 304 g/mol. The molecule has 2 rings (SSSR count). The van der Waals surface area contributed by atoms with Crippen molar-refractivity contribution >= 4 is 5.97 Å². The minimum absolute atomic E-state index is 0.161. The van der Waals surface area contributed by atoms with E-state index in [1.54, 1.807) is 0 Å². The Morgan fingerprint density at radius 2 is 1.58 bits per heavy atom. The summed E-state index contributed by atoms with van der Waals surface area (Å²) in [4.78, 5) is 16.6. The average Bonchev–Trinajstić information content (AvgIpc) is 2.58. The predicted octanol–water partition coefficient (Wildman–Crippen LogP) is 0.156. The second-order valence-electron chi connectivity index (χ2n) is 6.23. The SMILES string of the molecule is CN1CCNCCN(CC(=O)OCc2ccccc2)CCNCC1. The largest absolute Gasteiger partial charge is 0.460 e. The minimum Gasteiger partial charge on any atom is -0.460 e. The van der Waals surface area contributed by atoms with Gasteiger partial charge < -0.3 is 20.3 Å². The van der Waals surface area contributed by atoms with E-state index in [1.165, 1.54) is 0 Å². The lowest BCUT2D eigenvalue weighted by Gasteiger charge is -2.24. The van der Waals surface area contributed by atoms with E-state index in [0.29, 0.717) is 13.2 Å². The smallest absolute Gasteiger partial charge is 0.320 e. The Labute approximate surface area is 145 Å². The predicted molar refractivity (Wildman–Crippen MR) is 95.9 cm³/mol. The van der Waals surface area contributed by atoms with E-state index in [4.69, 9.17) is 4.74 Å². The molecule has 24 heavy (non-hydrogen) atoms. The van der Waals surface area contributed by atoms with Crippen LogP contribution in [0.2, 0.25) is 0 Å². The molecule has 134 valence electrons. The molecule has 0 atom stereocenters. The summed E-state index contributed by atoms with van der Waals surface area (Å²) in [6.07, 6.45) is 0. The van der Waals surface area contributed by atoms with Gasteiger partial charge in [-0.3, -0.25) is 9.69 Å². The van der Waals surface area contributed by atoms with Gasteiger partial charge in [-0.05, 0) is 12.6 Å². The molecule has 0 unspecified atom stereocenters. The van der Waals surface area contributed by atoms with E-state index in [1.807, 2.05) is 30.3 Å². The maximum absolute atomic E-state index is 12.1.